The van der Waals surface area contributed by atoms with Crippen LogP contribution in [0.4, 0.5) is 10.3 Å². The summed E-state index contributed by atoms with van der Waals surface area (Å²) in [5.74, 6) is 2.21. The standard InChI is InChI=1S/C20H19N5O4S3/c1-27-12-5-6-16(28-2)14(8-12)15-10-30-19(22-15)23-17(26)11-31-20-25-24-18(32-20)21-9-13-4-3-7-29-13/h3-8,10H,9,11H2,1-2H3,(H,21,24)(H,22,23,26). The molecule has 32 heavy (non-hydrogen) atoms. The van der Waals surface area contributed by atoms with Crippen LogP contribution in [0.3, 0.4) is 0 Å². The number of ether oxygens (including phenoxy) is 2. The number of nitrogens with one attached hydrogen (secondary N) is 2. The summed E-state index contributed by atoms with van der Waals surface area (Å²) in [7, 11) is 3.20. The van der Waals surface area contributed by atoms with Crippen LogP contribution in [-0.2, 0) is 11.3 Å². The highest BCUT2D eigenvalue weighted by molar-refractivity contribution is 8.01. The van der Waals surface area contributed by atoms with Gasteiger partial charge < -0.3 is 24.5 Å². The highest BCUT2D eigenvalue weighted by Crippen LogP contribution is 2.35. The van der Waals surface area contributed by atoms with Crippen molar-refractivity contribution < 1.29 is 18.7 Å². The lowest BCUT2D eigenvalue weighted by Crippen LogP contribution is -2.13. The fourth-order valence-electron chi connectivity index (χ4n) is 2.67. The lowest BCUT2D eigenvalue weighted by atomic mass is 10.1. The van der Waals surface area contributed by atoms with Crippen molar-refractivity contribution >= 4 is 50.6 Å². The minimum atomic E-state index is -0.172. The van der Waals surface area contributed by atoms with Crippen molar-refractivity contribution in [3.63, 3.8) is 0 Å². The molecule has 4 aromatic rings. The summed E-state index contributed by atoms with van der Waals surface area (Å²) in [4.78, 5) is 16.9. The summed E-state index contributed by atoms with van der Waals surface area (Å²) in [6.45, 7) is 0.525. The predicted molar refractivity (Wildman–Crippen MR) is 126 cm³/mol. The highest BCUT2D eigenvalue weighted by atomic mass is 32.2. The molecule has 0 atom stereocenters. The summed E-state index contributed by atoms with van der Waals surface area (Å²) in [6, 6.07) is 9.20. The molecule has 0 unspecified atom stereocenters. The third-order valence-corrected chi connectivity index (χ3v) is 6.93. The quantitative estimate of drug-likeness (QED) is 0.308. The van der Waals surface area contributed by atoms with E-state index in [1.165, 1.54) is 34.4 Å². The van der Waals surface area contributed by atoms with Gasteiger partial charge in [-0.1, -0.05) is 23.1 Å². The van der Waals surface area contributed by atoms with Gasteiger partial charge in [0.25, 0.3) is 0 Å². The maximum absolute atomic E-state index is 12.4. The maximum Gasteiger partial charge on any atom is 0.236 e. The minimum absolute atomic E-state index is 0.172. The van der Waals surface area contributed by atoms with E-state index in [1.807, 2.05) is 35.7 Å². The molecule has 1 amide bonds. The van der Waals surface area contributed by atoms with E-state index in [9.17, 15) is 4.79 Å². The van der Waals surface area contributed by atoms with Gasteiger partial charge in [0.05, 0.1) is 38.5 Å². The number of carbonyl (C=O) groups excluding carboxylic acids is 1. The molecule has 12 heteroatoms. The predicted octanol–water partition coefficient (Wildman–Crippen LogP) is 4.61. The van der Waals surface area contributed by atoms with Crippen molar-refractivity contribution in [2.45, 2.75) is 10.9 Å². The van der Waals surface area contributed by atoms with Crippen molar-refractivity contribution in [2.24, 2.45) is 0 Å². The monoisotopic (exact) mass is 489 g/mol. The van der Waals surface area contributed by atoms with Gasteiger partial charge in [-0.3, -0.25) is 4.79 Å². The summed E-state index contributed by atoms with van der Waals surface area (Å²) >= 11 is 4.04. The maximum atomic E-state index is 12.4. The van der Waals surface area contributed by atoms with E-state index in [-0.39, 0.29) is 11.7 Å². The fraction of sp³-hybridized carbons (Fsp3) is 0.200. The van der Waals surface area contributed by atoms with Crippen molar-refractivity contribution in [1.29, 1.82) is 0 Å². The van der Waals surface area contributed by atoms with E-state index in [2.05, 4.69) is 25.8 Å². The largest absolute Gasteiger partial charge is 0.497 e. The molecule has 0 fully saturated rings. The van der Waals surface area contributed by atoms with E-state index in [4.69, 9.17) is 13.9 Å². The number of thioether (sulfide) groups is 1. The number of amides is 1. The number of methoxy groups -OCH3 is 2. The first kappa shape index (κ1) is 22.1. The number of nitrogens with zero attached hydrogens (tertiary/aromatic N) is 3. The van der Waals surface area contributed by atoms with Gasteiger partial charge in [-0.05, 0) is 30.3 Å². The van der Waals surface area contributed by atoms with Crippen molar-refractivity contribution in [3.8, 4) is 22.8 Å². The van der Waals surface area contributed by atoms with Crippen LogP contribution in [-0.4, -0.2) is 41.1 Å². The van der Waals surface area contributed by atoms with Crippen molar-refractivity contribution in [1.82, 2.24) is 15.2 Å². The Morgan fingerprint density at radius 1 is 1.19 bits per heavy atom. The van der Waals surface area contributed by atoms with E-state index in [1.54, 1.807) is 20.5 Å². The molecule has 0 spiro atoms. The second-order valence-electron chi connectivity index (χ2n) is 6.25. The number of hydrogen-bond donors (Lipinski definition) is 2. The normalized spacial score (nSPS) is 10.7. The summed E-state index contributed by atoms with van der Waals surface area (Å²) in [5.41, 5.74) is 1.49. The summed E-state index contributed by atoms with van der Waals surface area (Å²) in [5, 5.41) is 17.2. The zero-order chi connectivity index (χ0) is 22.3. The fourth-order valence-corrected chi connectivity index (χ4v) is 4.94. The molecular formula is C20H19N5O4S3. The van der Waals surface area contributed by atoms with E-state index in [0.29, 0.717) is 38.3 Å². The van der Waals surface area contributed by atoms with Crippen LogP contribution in [0.25, 0.3) is 11.3 Å². The molecule has 166 valence electrons. The smallest absolute Gasteiger partial charge is 0.236 e. The van der Waals surface area contributed by atoms with E-state index in [0.717, 1.165) is 11.3 Å². The van der Waals surface area contributed by atoms with Gasteiger partial charge in [0.15, 0.2) is 9.47 Å². The molecule has 3 aromatic heterocycles. The molecule has 0 bridgehead atoms. The van der Waals surface area contributed by atoms with Gasteiger partial charge >= 0.3 is 0 Å². The topological polar surface area (TPSA) is 111 Å². The molecule has 4 rings (SSSR count). The highest BCUT2D eigenvalue weighted by Gasteiger charge is 2.14. The number of hydrogen-bond acceptors (Lipinski definition) is 11. The van der Waals surface area contributed by atoms with Crippen LogP contribution in [0.5, 0.6) is 11.5 Å². The average molecular weight is 490 g/mol. The number of anilines is 2. The van der Waals surface area contributed by atoms with Gasteiger partial charge in [-0.2, -0.15) is 0 Å². The first-order chi connectivity index (χ1) is 15.6. The van der Waals surface area contributed by atoms with E-state index >= 15 is 0 Å². The Morgan fingerprint density at radius 2 is 2.09 bits per heavy atom. The van der Waals surface area contributed by atoms with E-state index < -0.39 is 0 Å². The first-order valence-electron chi connectivity index (χ1n) is 9.35. The van der Waals surface area contributed by atoms with Crippen molar-refractivity contribution in [2.75, 3.05) is 30.6 Å². The lowest BCUT2D eigenvalue weighted by molar-refractivity contribution is -0.113. The molecule has 0 saturated carbocycles. The number of carbonyl (C=O) groups is 1. The van der Waals surface area contributed by atoms with Gasteiger partial charge in [-0.25, -0.2) is 4.98 Å². The number of furan rings is 1. The second kappa shape index (κ2) is 10.5. The Balaban J connectivity index is 1.30. The first-order valence-corrected chi connectivity index (χ1v) is 12.0. The zero-order valence-corrected chi connectivity index (χ0v) is 19.6. The molecule has 0 radical (unpaired) electrons. The van der Waals surface area contributed by atoms with Crippen LogP contribution in [0, 0.1) is 0 Å². The van der Waals surface area contributed by atoms with Gasteiger partial charge in [0.2, 0.25) is 11.0 Å². The van der Waals surface area contributed by atoms with Gasteiger partial charge in [-0.15, -0.1) is 21.5 Å². The molecule has 0 saturated heterocycles. The number of aromatic nitrogens is 3. The number of rotatable bonds is 10. The van der Waals surface area contributed by atoms with Crippen LogP contribution >= 0.6 is 34.4 Å². The Hall–Kier alpha value is -3.09. The van der Waals surface area contributed by atoms with Gasteiger partial charge in [0, 0.05) is 10.9 Å². The Bertz CT molecular complexity index is 1180. The van der Waals surface area contributed by atoms with Crippen molar-refractivity contribution in [3.05, 3.63) is 47.7 Å². The SMILES string of the molecule is COc1ccc(OC)c(-c2csc(NC(=O)CSc3nnc(NCc4ccco4)s3)n2)c1. The molecule has 0 aliphatic rings. The number of thiazole rings is 1. The number of benzene rings is 1. The van der Waals surface area contributed by atoms with Gasteiger partial charge in [0.1, 0.15) is 17.3 Å². The molecule has 2 N–H and O–H groups in total. The Morgan fingerprint density at radius 3 is 2.88 bits per heavy atom. The lowest BCUT2D eigenvalue weighted by Gasteiger charge is -2.08. The Kier molecular flexibility index (Phi) is 7.24. The molecular weight excluding hydrogens is 470 g/mol. The third kappa shape index (κ3) is 5.58. The summed E-state index contributed by atoms with van der Waals surface area (Å²) < 4.78 is 16.7. The van der Waals surface area contributed by atoms with Crippen LogP contribution in [0.15, 0.2) is 50.7 Å². The Labute approximate surface area is 196 Å². The third-order valence-electron chi connectivity index (χ3n) is 4.16. The molecule has 9 nitrogen and oxygen atoms in total. The minimum Gasteiger partial charge on any atom is -0.497 e. The average Bonchev–Trinajstić information content (AvgIpc) is 3.58. The molecule has 0 aliphatic carbocycles. The summed E-state index contributed by atoms with van der Waals surface area (Å²) in [6.07, 6.45) is 1.62. The molecule has 3 heterocycles. The second-order valence-corrected chi connectivity index (χ2v) is 9.31. The van der Waals surface area contributed by atoms with Crippen LogP contribution < -0.4 is 20.1 Å². The van der Waals surface area contributed by atoms with Crippen LogP contribution in [0.2, 0.25) is 0 Å². The zero-order valence-electron chi connectivity index (χ0n) is 17.2. The molecule has 0 aliphatic heterocycles. The molecule has 1 aromatic carbocycles. The van der Waals surface area contributed by atoms with Crippen LogP contribution in [0.1, 0.15) is 5.76 Å².